The first kappa shape index (κ1) is 10.0. The second-order valence-corrected chi connectivity index (χ2v) is 4.18. The van der Waals surface area contributed by atoms with Gasteiger partial charge >= 0.3 is 0 Å². The van der Waals surface area contributed by atoms with Gasteiger partial charge in [0.15, 0.2) is 5.13 Å². The number of anilines is 2. The summed E-state index contributed by atoms with van der Waals surface area (Å²) < 4.78 is 5.30. The summed E-state index contributed by atoms with van der Waals surface area (Å²) in [6.45, 7) is 3.70. The molecular weight excluding hydrogens is 210 g/mol. The van der Waals surface area contributed by atoms with E-state index in [1.807, 2.05) is 12.1 Å². The van der Waals surface area contributed by atoms with E-state index in [1.54, 1.807) is 12.5 Å². The summed E-state index contributed by atoms with van der Waals surface area (Å²) >= 11 is 1.49. The first-order valence-corrected chi connectivity index (χ1v) is 5.60. The Balaban J connectivity index is 2.11. The van der Waals surface area contributed by atoms with Crippen LogP contribution in [0.25, 0.3) is 0 Å². The maximum absolute atomic E-state index is 5.65. The third-order valence-electron chi connectivity index (χ3n) is 2.09. The van der Waals surface area contributed by atoms with Gasteiger partial charge in [0.2, 0.25) is 0 Å². The lowest BCUT2D eigenvalue weighted by atomic mass is 10.4. The number of hydrogen-bond acceptors (Lipinski definition) is 5. The molecule has 80 valence electrons. The van der Waals surface area contributed by atoms with E-state index in [-0.39, 0.29) is 0 Å². The average molecular weight is 223 g/mol. The van der Waals surface area contributed by atoms with Crippen molar-refractivity contribution in [1.82, 2.24) is 4.98 Å². The topological polar surface area (TPSA) is 55.3 Å². The van der Waals surface area contributed by atoms with E-state index in [9.17, 15) is 0 Å². The van der Waals surface area contributed by atoms with Crippen LogP contribution < -0.4 is 10.6 Å². The average Bonchev–Trinajstić information content (AvgIpc) is 2.85. The first-order chi connectivity index (χ1) is 7.29. The van der Waals surface area contributed by atoms with Crippen molar-refractivity contribution in [2.45, 2.75) is 13.5 Å². The van der Waals surface area contributed by atoms with E-state index in [2.05, 4.69) is 16.8 Å². The number of nitrogens with zero attached hydrogens (tertiary/aromatic N) is 2. The van der Waals surface area contributed by atoms with Gasteiger partial charge in [-0.25, -0.2) is 4.98 Å². The fourth-order valence-electron chi connectivity index (χ4n) is 1.33. The van der Waals surface area contributed by atoms with Crippen LogP contribution in [0.3, 0.4) is 0 Å². The van der Waals surface area contributed by atoms with Crippen LogP contribution >= 0.6 is 11.3 Å². The molecule has 0 saturated heterocycles. The van der Waals surface area contributed by atoms with Crippen molar-refractivity contribution in [3.8, 4) is 0 Å². The molecule has 2 aromatic heterocycles. The zero-order chi connectivity index (χ0) is 10.7. The van der Waals surface area contributed by atoms with Gasteiger partial charge in [0.05, 0.1) is 19.0 Å². The number of furan rings is 1. The predicted molar refractivity (Wildman–Crippen MR) is 62.0 cm³/mol. The molecule has 2 aromatic rings. The van der Waals surface area contributed by atoms with Crippen molar-refractivity contribution >= 4 is 21.5 Å². The highest BCUT2D eigenvalue weighted by Crippen LogP contribution is 2.25. The predicted octanol–water partition coefficient (Wildman–Crippen LogP) is 2.34. The SMILES string of the molecule is CCN(Cc1ccco1)c1ncc(N)s1. The minimum Gasteiger partial charge on any atom is -0.467 e. The molecule has 0 bridgehead atoms. The molecule has 0 atom stereocenters. The van der Waals surface area contributed by atoms with E-state index >= 15 is 0 Å². The number of nitrogens with two attached hydrogens (primary N) is 1. The van der Waals surface area contributed by atoms with Crippen molar-refractivity contribution in [1.29, 1.82) is 0 Å². The van der Waals surface area contributed by atoms with E-state index < -0.39 is 0 Å². The molecule has 15 heavy (non-hydrogen) atoms. The summed E-state index contributed by atoms with van der Waals surface area (Å²) in [6.07, 6.45) is 3.37. The van der Waals surface area contributed by atoms with Crippen molar-refractivity contribution in [3.63, 3.8) is 0 Å². The van der Waals surface area contributed by atoms with Gasteiger partial charge in [0, 0.05) is 6.54 Å². The van der Waals surface area contributed by atoms with Gasteiger partial charge in [0.25, 0.3) is 0 Å². The number of hydrogen-bond donors (Lipinski definition) is 1. The smallest absolute Gasteiger partial charge is 0.187 e. The number of aromatic nitrogens is 1. The van der Waals surface area contributed by atoms with E-state index in [1.165, 1.54) is 11.3 Å². The molecule has 0 aliphatic heterocycles. The maximum atomic E-state index is 5.65. The number of rotatable bonds is 4. The fourth-order valence-corrected chi connectivity index (χ4v) is 2.07. The molecule has 0 saturated carbocycles. The van der Waals surface area contributed by atoms with Crippen molar-refractivity contribution < 1.29 is 4.42 Å². The molecule has 2 heterocycles. The van der Waals surface area contributed by atoms with Crippen molar-refractivity contribution in [3.05, 3.63) is 30.4 Å². The summed E-state index contributed by atoms with van der Waals surface area (Å²) in [7, 11) is 0. The van der Waals surface area contributed by atoms with Gasteiger partial charge in [0.1, 0.15) is 10.8 Å². The van der Waals surface area contributed by atoms with Crippen LogP contribution in [0, 0.1) is 0 Å². The van der Waals surface area contributed by atoms with Gasteiger partial charge < -0.3 is 15.1 Å². The molecular formula is C10H13N3OS. The van der Waals surface area contributed by atoms with E-state index in [0.717, 1.165) is 29.0 Å². The van der Waals surface area contributed by atoms with Crippen LogP contribution in [-0.2, 0) is 6.54 Å². The number of thiazole rings is 1. The highest BCUT2D eigenvalue weighted by atomic mass is 32.1. The van der Waals surface area contributed by atoms with Crippen LogP contribution in [0.5, 0.6) is 0 Å². The molecule has 5 heteroatoms. The monoisotopic (exact) mass is 223 g/mol. The maximum Gasteiger partial charge on any atom is 0.187 e. The van der Waals surface area contributed by atoms with Gasteiger partial charge in [-0.3, -0.25) is 0 Å². The zero-order valence-corrected chi connectivity index (χ0v) is 9.33. The Morgan fingerprint density at radius 2 is 2.47 bits per heavy atom. The second kappa shape index (κ2) is 4.35. The molecule has 4 nitrogen and oxygen atoms in total. The highest BCUT2D eigenvalue weighted by molar-refractivity contribution is 7.19. The third-order valence-corrected chi connectivity index (χ3v) is 2.98. The Hall–Kier alpha value is -1.49. The minimum atomic E-state index is 0.733. The molecule has 0 fully saturated rings. The quantitative estimate of drug-likeness (QED) is 0.864. The molecule has 2 rings (SSSR count). The second-order valence-electron chi connectivity index (χ2n) is 3.14. The molecule has 0 aromatic carbocycles. The first-order valence-electron chi connectivity index (χ1n) is 4.78. The van der Waals surface area contributed by atoms with Gasteiger partial charge in [-0.1, -0.05) is 11.3 Å². The van der Waals surface area contributed by atoms with Gasteiger partial charge in [-0.15, -0.1) is 0 Å². The molecule has 0 spiro atoms. The lowest BCUT2D eigenvalue weighted by molar-refractivity contribution is 0.503. The van der Waals surface area contributed by atoms with Crippen LogP contribution in [0.4, 0.5) is 10.1 Å². The van der Waals surface area contributed by atoms with E-state index in [0.29, 0.717) is 0 Å². The van der Waals surface area contributed by atoms with Crippen LogP contribution in [-0.4, -0.2) is 11.5 Å². The summed E-state index contributed by atoms with van der Waals surface area (Å²) in [5.41, 5.74) is 5.65. The Bertz CT molecular complexity index is 410. The largest absolute Gasteiger partial charge is 0.467 e. The van der Waals surface area contributed by atoms with Crippen LogP contribution in [0.1, 0.15) is 12.7 Å². The fraction of sp³-hybridized carbons (Fsp3) is 0.300. The molecule has 2 N–H and O–H groups in total. The normalized spacial score (nSPS) is 10.5. The van der Waals surface area contributed by atoms with Gasteiger partial charge in [-0.05, 0) is 19.1 Å². The molecule has 0 radical (unpaired) electrons. The molecule has 0 aliphatic carbocycles. The molecule has 0 aliphatic rings. The van der Waals surface area contributed by atoms with Gasteiger partial charge in [-0.2, -0.15) is 0 Å². The number of nitrogen functional groups attached to an aromatic ring is 1. The molecule has 0 amide bonds. The summed E-state index contributed by atoms with van der Waals surface area (Å²) in [4.78, 5) is 6.37. The molecule has 0 unspecified atom stereocenters. The standard InChI is InChI=1S/C10H13N3OS/c1-2-13(7-8-4-3-5-14-8)10-12-6-9(11)15-10/h3-6H,2,7,11H2,1H3. The minimum absolute atomic E-state index is 0.733. The van der Waals surface area contributed by atoms with E-state index in [4.69, 9.17) is 10.2 Å². The summed E-state index contributed by atoms with van der Waals surface area (Å²) in [6, 6.07) is 3.85. The lowest BCUT2D eigenvalue weighted by Gasteiger charge is -2.17. The third kappa shape index (κ3) is 2.30. The zero-order valence-electron chi connectivity index (χ0n) is 8.51. The van der Waals surface area contributed by atoms with Crippen LogP contribution in [0.2, 0.25) is 0 Å². The van der Waals surface area contributed by atoms with Crippen molar-refractivity contribution in [2.75, 3.05) is 17.2 Å². The van der Waals surface area contributed by atoms with Crippen LogP contribution in [0.15, 0.2) is 29.0 Å². The Kier molecular flexibility index (Phi) is 2.91. The highest BCUT2D eigenvalue weighted by Gasteiger charge is 2.10. The Labute approximate surface area is 92.3 Å². The summed E-state index contributed by atoms with van der Waals surface area (Å²) in [5, 5.41) is 1.68. The van der Waals surface area contributed by atoms with Crippen molar-refractivity contribution in [2.24, 2.45) is 0 Å². The Morgan fingerprint density at radius 3 is 3.00 bits per heavy atom. The Morgan fingerprint density at radius 1 is 1.60 bits per heavy atom. The lowest BCUT2D eigenvalue weighted by Crippen LogP contribution is -2.21. The summed E-state index contributed by atoms with van der Waals surface area (Å²) in [5.74, 6) is 0.936.